The highest BCUT2D eigenvalue weighted by molar-refractivity contribution is 5.91. The Morgan fingerprint density at radius 1 is 1.06 bits per heavy atom. The topological polar surface area (TPSA) is 104 Å². The fourth-order valence-electron chi connectivity index (χ4n) is 4.16. The molecule has 0 fully saturated rings. The monoisotopic (exact) mass is 466 g/mol. The van der Waals surface area contributed by atoms with E-state index in [9.17, 15) is 15.2 Å². The van der Waals surface area contributed by atoms with Crippen LogP contribution in [0.25, 0.3) is 5.88 Å². The summed E-state index contributed by atoms with van der Waals surface area (Å²) < 4.78 is 7.73. The molecule has 2 aromatic carbocycles. The number of carbonyl (C=O) groups excluding carboxylic acids is 1. The third-order valence-corrected chi connectivity index (χ3v) is 6.23. The molecule has 0 aliphatic carbocycles. The van der Waals surface area contributed by atoms with Gasteiger partial charge in [0.05, 0.1) is 6.21 Å². The first-order valence-corrected chi connectivity index (χ1v) is 11.1. The van der Waals surface area contributed by atoms with Gasteiger partial charge in [-0.1, -0.05) is 60.7 Å². The van der Waals surface area contributed by atoms with Gasteiger partial charge < -0.3 is 9.52 Å². The number of hydrazone groups is 1. The zero-order valence-electron chi connectivity index (χ0n) is 20.0. The number of furan rings is 1. The first-order chi connectivity index (χ1) is 16.8. The Hall–Kier alpha value is -4.41. The molecule has 1 amide bonds. The maximum Gasteiger partial charge on any atom is 0.281 e. The molecule has 2 aromatic heterocycles. The smallest absolute Gasteiger partial charge is 0.281 e. The molecule has 0 radical (unpaired) electrons. The van der Waals surface area contributed by atoms with E-state index in [1.54, 1.807) is 48.5 Å². The van der Waals surface area contributed by atoms with Crippen LogP contribution in [0.1, 0.15) is 45.0 Å². The summed E-state index contributed by atoms with van der Waals surface area (Å²) in [4.78, 5) is 13.2. The van der Waals surface area contributed by atoms with E-state index in [0.29, 0.717) is 28.3 Å². The minimum atomic E-state index is -1.92. The number of nitrogens with one attached hydrogen (secondary N) is 1. The third-order valence-electron chi connectivity index (χ3n) is 6.23. The molecular weight excluding hydrogens is 440 g/mol. The number of nitriles is 1. The normalized spacial score (nSPS) is 11.5. The van der Waals surface area contributed by atoms with Crippen LogP contribution in [-0.4, -0.2) is 21.8 Å². The van der Waals surface area contributed by atoms with Crippen molar-refractivity contribution in [3.63, 3.8) is 0 Å². The lowest BCUT2D eigenvalue weighted by molar-refractivity contribution is -0.136. The van der Waals surface area contributed by atoms with Gasteiger partial charge in [0.15, 0.2) is 5.60 Å². The zero-order chi connectivity index (χ0) is 25.2. The molecule has 7 heteroatoms. The molecule has 0 bridgehead atoms. The Morgan fingerprint density at radius 2 is 1.63 bits per heavy atom. The minimum absolute atomic E-state index is 0.435. The molecule has 0 aliphatic rings. The van der Waals surface area contributed by atoms with E-state index in [1.165, 1.54) is 6.21 Å². The summed E-state index contributed by atoms with van der Waals surface area (Å²) in [5.74, 6) is 0.473. The molecule has 0 atom stereocenters. The van der Waals surface area contributed by atoms with Gasteiger partial charge in [-0.3, -0.25) is 9.36 Å². The van der Waals surface area contributed by atoms with Crippen molar-refractivity contribution in [2.45, 2.75) is 33.3 Å². The van der Waals surface area contributed by atoms with E-state index in [1.807, 2.05) is 50.5 Å². The van der Waals surface area contributed by atoms with E-state index < -0.39 is 11.5 Å². The maximum atomic E-state index is 13.2. The van der Waals surface area contributed by atoms with E-state index in [0.717, 1.165) is 22.5 Å². The Balaban J connectivity index is 1.64. The van der Waals surface area contributed by atoms with Gasteiger partial charge in [0, 0.05) is 22.5 Å². The Labute approximate surface area is 203 Å². The highest BCUT2D eigenvalue weighted by Crippen LogP contribution is 2.30. The van der Waals surface area contributed by atoms with Crippen LogP contribution in [0.5, 0.6) is 0 Å². The zero-order valence-corrected chi connectivity index (χ0v) is 20.0. The molecule has 2 N–H and O–H groups in total. The molecule has 4 aromatic rings. The van der Waals surface area contributed by atoms with Gasteiger partial charge in [0.1, 0.15) is 17.4 Å². The Kier molecular flexibility index (Phi) is 6.41. The molecule has 35 heavy (non-hydrogen) atoms. The molecule has 7 nitrogen and oxygen atoms in total. The molecular formula is C28H26N4O3. The summed E-state index contributed by atoms with van der Waals surface area (Å²) in [6, 6.07) is 21.6. The minimum Gasteiger partial charge on any atom is -0.443 e. The average molecular weight is 467 g/mol. The van der Waals surface area contributed by atoms with Crippen LogP contribution in [-0.2, 0) is 10.4 Å². The van der Waals surface area contributed by atoms with Crippen molar-refractivity contribution >= 4 is 12.1 Å². The van der Waals surface area contributed by atoms with Crippen LogP contribution < -0.4 is 5.43 Å². The molecule has 2 heterocycles. The van der Waals surface area contributed by atoms with Gasteiger partial charge in [-0.15, -0.1) is 0 Å². The number of amides is 1. The number of carbonyl (C=O) groups is 1. The fraction of sp³-hybridized carbons (Fsp3) is 0.179. The molecule has 0 spiro atoms. The van der Waals surface area contributed by atoms with Gasteiger partial charge >= 0.3 is 0 Å². The number of aliphatic hydroxyl groups is 1. The van der Waals surface area contributed by atoms with Crippen LogP contribution in [0.3, 0.4) is 0 Å². The van der Waals surface area contributed by atoms with E-state index >= 15 is 0 Å². The van der Waals surface area contributed by atoms with Crippen LogP contribution in [0.2, 0.25) is 0 Å². The number of hydrogen-bond acceptors (Lipinski definition) is 5. The summed E-state index contributed by atoms with van der Waals surface area (Å²) >= 11 is 0. The summed E-state index contributed by atoms with van der Waals surface area (Å²) in [5.41, 5.74) is 5.13. The van der Waals surface area contributed by atoms with Crippen molar-refractivity contribution in [1.82, 2.24) is 9.99 Å². The highest BCUT2D eigenvalue weighted by Gasteiger charge is 2.39. The van der Waals surface area contributed by atoms with E-state index in [2.05, 4.69) is 16.6 Å². The lowest BCUT2D eigenvalue weighted by Gasteiger charge is -2.27. The quantitative estimate of drug-likeness (QED) is 0.321. The van der Waals surface area contributed by atoms with Crippen LogP contribution in [0.15, 0.2) is 76.2 Å². The number of nitrogens with zero attached hydrogens (tertiary/aromatic N) is 3. The number of rotatable bonds is 6. The fourth-order valence-corrected chi connectivity index (χ4v) is 4.16. The Bertz CT molecular complexity index is 1400. The Morgan fingerprint density at radius 3 is 2.17 bits per heavy atom. The molecule has 176 valence electrons. The lowest BCUT2D eigenvalue weighted by Crippen LogP contribution is -2.43. The van der Waals surface area contributed by atoms with Gasteiger partial charge in [0.25, 0.3) is 5.91 Å². The summed E-state index contributed by atoms with van der Waals surface area (Å²) in [6.45, 7) is 7.47. The first-order valence-electron chi connectivity index (χ1n) is 11.1. The number of aromatic nitrogens is 1. The predicted octanol–water partition coefficient (Wildman–Crippen LogP) is 4.56. The van der Waals surface area contributed by atoms with Crippen LogP contribution in [0, 0.1) is 39.0 Å². The van der Waals surface area contributed by atoms with Gasteiger partial charge in [-0.05, 0) is 44.9 Å². The standard InChI is InChI=1S/C28H26N4O3/c1-18-15-22(20(3)32(18)26-25(16-29)19(2)21(4)35-26)17-30-31-27(33)28(34,23-11-7-5-8-12-23)24-13-9-6-10-14-24/h5-15,17,34H,1-4H3,(H,31,33)/b30-17-. The van der Waals surface area contributed by atoms with Crippen LogP contribution >= 0.6 is 0 Å². The van der Waals surface area contributed by atoms with E-state index in [-0.39, 0.29) is 0 Å². The maximum absolute atomic E-state index is 13.2. The third kappa shape index (κ3) is 4.16. The molecule has 4 rings (SSSR count). The summed E-state index contributed by atoms with van der Waals surface area (Å²) in [5, 5.41) is 25.3. The number of hydrogen-bond donors (Lipinski definition) is 2. The van der Waals surface area contributed by atoms with Gasteiger partial charge in [0.2, 0.25) is 5.88 Å². The average Bonchev–Trinajstić information content (AvgIpc) is 3.32. The molecule has 0 unspecified atom stereocenters. The molecule has 0 saturated heterocycles. The second-order valence-corrected chi connectivity index (χ2v) is 8.38. The molecule has 0 aliphatic heterocycles. The highest BCUT2D eigenvalue weighted by atomic mass is 16.4. The van der Waals surface area contributed by atoms with Crippen molar-refractivity contribution < 1.29 is 14.3 Å². The second-order valence-electron chi connectivity index (χ2n) is 8.38. The van der Waals surface area contributed by atoms with Crippen LogP contribution in [0.4, 0.5) is 0 Å². The summed E-state index contributed by atoms with van der Waals surface area (Å²) in [7, 11) is 0. The SMILES string of the molecule is Cc1oc(-n2c(C)cc(/C=N\NC(=O)C(O)(c3ccccc3)c3ccccc3)c2C)c(C#N)c1C. The van der Waals surface area contributed by atoms with Crippen molar-refractivity contribution in [2.75, 3.05) is 0 Å². The number of benzene rings is 2. The van der Waals surface area contributed by atoms with Gasteiger partial charge in [-0.25, -0.2) is 5.43 Å². The first kappa shape index (κ1) is 23.7. The van der Waals surface area contributed by atoms with E-state index in [4.69, 9.17) is 4.42 Å². The largest absolute Gasteiger partial charge is 0.443 e. The number of aryl methyl sites for hydroxylation is 2. The van der Waals surface area contributed by atoms with Crippen molar-refractivity contribution in [3.05, 3.63) is 112 Å². The predicted molar refractivity (Wildman–Crippen MR) is 133 cm³/mol. The molecule has 0 saturated carbocycles. The van der Waals surface area contributed by atoms with Crippen molar-refractivity contribution in [3.8, 4) is 12.0 Å². The van der Waals surface area contributed by atoms with Crippen molar-refractivity contribution in [1.29, 1.82) is 5.26 Å². The van der Waals surface area contributed by atoms with Crippen molar-refractivity contribution in [2.24, 2.45) is 5.10 Å². The summed E-state index contributed by atoms with van der Waals surface area (Å²) in [6.07, 6.45) is 1.52. The van der Waals surface area contributed by atoms with Gasteiger partial charge in [-0.2, -0.15) is 10.4 Å². The lowest BCUT2D eigenvalue weighted by atomic mass is 9.85. The second kappa shape index (κ2) is 9.45.